The van der Waals surface area contributed by atoms with Gasteiger partial charge in [0, 0.05) is 12.4 Å². The highest BCUT2D eigenvalue weighted by atomic mass is 31.3. The summed E-state index contributed by atoms with van der Waals surface area (Å²) in [6.07, 6.45) is 3.96. The van der Waals surface area contributed by atoms with Gasteiger partial charge in [-0.05, 0) is 0 Å². The molecule has 0 amide bonds. The molecule has 1 heterocycles. The molecule has 0 aliphatic carbocycles. The molecule has 0 radical (unpaired) electrons. The van der Waals surface area contributed by atoms with E-state index in [0.29, 0.717) is 0 Å². The van der Waals surface area contributed by atoms with Gasteiger partial charge in [0.15, 0.2) is 0 Å². The summed E-state index contributed by atoms with van der Waals surface area (Å²) >= 11 is 0. The Bertz CT molecular complexity index is 329. The van der Waals surface area contributed by atoms with Gasteiger partial charge in [-0.25, -0.2) is 14.8 Å². The number of aliphatic hydroxyl groups is 1. The van der Waals surface area contributed by atoms with Gasteiger partial charge in [0.25, 0.3) is 0 Å². The minimum absolute atomic E-state index is 0.582. The lowest BCUT2D eigenvalue weighted by atomic mass is 10.6. The Labute approximate surface area is 92.5 Å². The van der Waals surface area contributed by atoms with Crippen molar-refractivity contribution in [3.05, 3.63) is 18.7 Å². The number of nitrogens with zero attached hydrogens (tertiary/aromatic N) is 2. The molecular weight excluding hydrogens is 258 g/mol. The van der Waals surface area contributed by atoms with Crippen LogP contribution in [0.25, 0.3) is 0 Å². The first kappa shape index (κ1) is 13.9. The maximum atomic E-state index is 9.86. The van der Waals surface area contributed by atoms with Crippen LogP contribution < -0.4 is 0 Å². The molecular formula is C6H14N2O6P2+2. The standard InChI is InChI=1S/C6H14N2O6P2/c1-15(10,11)6(9,16(12,13)14)4-8-3-2-7-5-8/h2-3,5,9-14H,4H2,1H3/q+2. The summed E-state index contributed by atoms with van der Waals surface area (Å²) in [7, 11) is -8.94. The van der Waals surface area contributed by atoms with Crippen LogP contribution in [-0.4, -0.2) is 50.9 Å². The summed E-state index contributed by atoms with van der Waals surface area (Å²) in [5, 5.41) is 7.08. The molecule has 6 N–H and O–H groups in total. The zero-order chi connectivity index (χ0) is 12.6. The van der Waals surface area contributed by atoms with Crippen molar-refractivity contribution in [3.63, 3.8) is 0 Å². The SMILES string of the molecule is C[P+](O)(O)C(O)(Cn1ccnc1)[P+](O)(O)O. The molecule has 0 saturated heterocycles. The monoisotopic (exact) mass is 272 g/mol. The van der Waals surface area contributed by atoms with Crippen molar-refractivity contribution in [2.24, 2.45) is 0 Å². The third kappa shape index (κ3) is 2.56. The van der Waals surface area contributed by atoms with Gasteiger partial charge in [-0.3, -0.25) is 0 Å². The summed E-state index contributed by atoms with van der Waals surface area (Å²) < 4.78 is 1.20. The molecule has 0 saturated carbocycles. The van der Waals surface area contributed by atoms with Gasteiger partial charge >= 0.3 is 20.7 Å². The van der Waals surface area contributed by atoms with Crippen LogP contribution in [0.2, 0.25) is 0 Å². The molecule has 0 aromatic carbocycles. The molecule has 10 heteroatoms. The first-order valence-corrected chi connectivity index (χ1v) is 7.94. The van der Waals surface area contributed by atoms with Crippen molar-refractivity contribution < 1.29 is 29.6 Å². The third-order valence-corrected chi connectivity index (χ3v) is 6.66. The Morgan fingerprint density at radius 2 is 1.81 bits per heavy atom. The van der Waals surface area contributed by atoms with Crippen molar-refractivity contribution in [1.82, 2.24) is 9.55 Å². The summed E-state index contributed by atoms with van der Waals surface area (Å²) in [5.41, 5.74) is 0. The van der Waals surface area contributed by atoms with E-state index in [9.17, 15) is 14.9 Å². The molecule has 1 atom stereocenters. The molecule has 0 aliphatic heterocycles. The second-order valence-corrected chi connectivity index (χ2v) is 8.29. The van der Waals surface area contributed by atoms with E-state index in [1.165, 1.54) is 23.3 Å². The van der Waals surface area contributed by atoms with E-state index < -0.39 is 27.3 Å². The van der Waals surface area contributed by atoms with Crippen molar-refractivity contribution in [3.8, 4) is 0 Å². The minimum atomic E-state index is -4.84. The highest BCUT2D eigenvalue weighted by Crippen LogP contribution is 2.76. The second-order valence-electron chi connectivity index (χ2n) is 3.49. The molecule has 16 heavy (non-hydrogen) atoms. The molecule has 8 nitrogen and oxygen atoms in total. The number of rotatable bonds is 4. The van der Waals surface area contributed by atoms with E-state index in [4.69, 9.17) is 14.7 Å². The quantitative estimate of drug-likeness (QED) is 0.375. The Kier molecular flexibility index (Phi) is 3.69. The van der Waals surface area contributed by atoms with Crippen LogP contribution in [0.5, 0.6) is 0 Å². The largest absolute Gasteiger partial charge is 0.488 e. The first-order chi connectivity index (χ1) is 7.08. The van der Waals surface area contributed by atoms with Crippen molar-refractivity contribution in [2.75, 3.05) is 6.66 Å². The number of hydrogen-bond donors (Lipinski definition) is 6. The van der Waals surface area contributed by atoms with E-state index in [-0.39, 0.29) is 0 Å². The van der Waals surface area contributed by atoms with Gasteiger partial charge in [-0.2, -0.15) is 14.7 Å². The third-order valence-electron chi connectivity index (χ3n) is 2.11. The highest BCUT2D eigenvalue weighted by Gasteiger charge is 2.76. The Morgan fingerprint density at radius 1 is 1.25 bits per heavy atom. The smallest absolute Gasteiger partial charge is 0.326 e. The average molecular weight is 272 g/mol. The lowest BCUT2D eigenvalue weighted by Gasteiger charge is -2.27. The fourth-order valence-electron chi connectivity index (χ4n) is 1.11. The van der Waals surface area contributed by atoms with Gasteiger partial charge < -0.3 is 9.67 Å². The van der Waals surface area contributed by atoms with Crippen LogP contribution in [0, 0.1) is 0 Å². The minimum Gasteiger partial charge on any atom is -0.326 e. The van der Waals surface area contributed by atoms with Gasteiger partial charge in [0.05, 0.1) is 6.33 Å². The van der Waals surface area contributed by atoms with E-state index in [1.54, 1.807) is 0 Å². The zero-order valence-corrected chi connectivity index (χ0v) is 10.2. The van der Waals surface area contributed by atoms with Crippen molar-refractivity contribution in [1.29, 1.82) is 0 Å². The van der Waals surface area contributed by atoms with Crippen LogP contribution in [0.3, 0.4) is 0 Å². The van der Waals surface area contributed by atoms with Crippen LogP contribution in [-0.2, 0) is 6.54 Å². The Hall–Kier alpha value is -0.170. The highest BCUT2D eigenvalue weighted by molar-refractivity contribution is 7.80. The molecule has 92 valence electrons. The summed E-state index contributed by atoms with van der Waals surface area (Å²) in [5.74, 6) is 0. The lowest BCUT2D eigenvalue weighted by Crippen LogP contribution is -2.38. The molecule has 1 rings (SSSR count). The molecule has 0 spiro atoms. The van der Waals surface area contributed by atoms with Crippen LogP contribution in [0.4, 0.5) is 0 Å². The lowest BCUT2D eigenvalue weighted by molar-refractivity contribution is 0.110. The molecule has 0 fully saturated rings. The normalized spacial score (nSPS) is 17.2. The maximum Gasteiger partial charge on any atom is 0.488 e. The van der Waals surface area contributed by atoms with E-state index >= 15 is 0 Å². The fourth-order valence-corrected chi connectivity index (χ4v) is 3.93. The Morgan fingerprint density at radius 3 is 2.12 bits per heavy atom. The van der Waals surface area contributed by atoms with Crippen molar-refractivity contribution >= 4 is 15.7 Å². The second kappa shape index (κ2) is 4.25. The molecule has 0 bridgehead atoms. The van der Waals surface area contributed by atoms with Gasteiger partial charge in [-0.1, -0.05) is 0 Å². The van der Waals surface area contributed by atoms with Gasteiger partial charge in [0.2, 0.25) is 0 Å². The van der Waals surface area contributed by atoms with Crippen LogP contribution in [0.15, 0.2) is 18.7 Å². The average Bonchev–Trinajstić information content (AvgIpc) is 2.52. The summed E-state index contributed by atoms with van der Waals surface area (Å²) in [6, 6.07) is 0. The predicted octanol–water partition coefficient (Wildman–Crippen LogP) is -1.27. The first-order valence-electron chi connectivity index (χ1n) is 4.15. The fraction of sp³-hybridized carbons (Fsp3) is 0.500. The molecule has 1 aromatic rings. The maximum absolute atomic E-state index is 9.86. The van der Waals surface area contributed by atoms with Gasteiger partial charge in [-0.15, -0.1) is 0 Å². The number of hydrogen-bond acceptors (Lipinski definition) is 7. The van der Waals surface area contributed by atoms with Crippen LogP contribution in [0.1, 0.15) is 0 Å². The zero-order valence-electron chi connectivity index (χ0n) is 8.41. The van der Waals surface area contributed by atoms with E-state index in [1.807, 2.05) is 0 Å². The number of aromatic nitrogens is 2. The van der Waals surface area contributed by atoms with E-state index in [0.717, 1.165) is 6.66 Å². The molecule has 0 aliphatic rings. The Balaban J connectivity index is 3.07. The van der Waals surface area contributed by atoms with E-state index in [2.05, 4.69) is 4.98 Å². The molecule has 1 aromatic heterocycles. The van der Waals surface area contributed by atoms with Crippen molar-refractivity contribution in [2.45, 2.75) is 11.6 Å². The number of imidazole rings is 1. The summed E-state index contributed by atoms with van der Waals surface area (Å²) in [4.78, 5) is 49.8. The topological polar surface area (TPSA) is 139 Å². The van der Waals surface area contributed by atoms with Crippen LogP contribution >= 0.6 is 15.7 Å². The summed E-state index contributed by atoms with van der Waals surface area (Å²) in [6.45, 7) is 0.267. The predicted molar refractivity (Wildman–Crippen MR) is 58.0 cm³/mol. The van der Waals surface area contributed by atoms with Gasteiger partial charge in [0.1, 0.15) is 13.2 Å². The molecule has 1 unspecified atom stereocenters.